The largest absolute Gasteiger partial charge is 0.291 e. The van der Waals surface area contributed by atoms with Gasteiger partial charge in [0.05, 0.1) is 18.8 Å². The third-order valence-electron chi connectivity index (χ3n) is 5.31. The maximum Gasteiger partial charge on any atom is 0.266 e. The van der Waals surface area contributed by atoms with Crippen molar-refractivity contribution in [2.45, 2.75) is 38.9 Å². The van der Waals surface area contributed by atoms with Gasteiger partial charge in [0.1, 0.15) is 6.33 Å². The zero-order chi connectivity index (χ0) is 19.8. The Balaban J connectivity index is 1.38. The van der Waals surface area contributed by atoms with Gasteiger partial charge in [-0.25, -0.2) is 9.67 Å². The number of imidazole rings is 1. The lowest BCUT2D eigenvalue weighted by molar-refractivity contribution is 0.210. The third-order valence-corrected chi connectivity index (χ3v) is 5.31. The first-order valence-electron chi connectivity index (χ1n) is 9.66. The average molecular weight is 391 g/mol. The molecule has 0 bridgehead atoms. The van der Waals surface area contributed by atoms with Crippen LogP contribution in [0.3, 0.4) is 0 Å². The lowest BCUT2D eigenvalue weighted by atomic mass is 10.2. The van der Waals surface area contributed by atoms with E-state index < -0.39 is 0 Å². The van der Waals surface area contributed by atoms with E-state index in [0.717, 1.165) is 36.6 Å². The molecule has 1 unspecified atom stereocenters. The van der Waals surface area contributed by atoms with Crippen LogP contribution in [-0.2, 0) is 13.1 Å². The number of likely N-dealkylation sites (tertiary alicyclic amines) is 1. The number of nitrogens with zero attached hydrogens (tertiary/aromatic N) is 9. The molecule has 0 saturated carbocycles. The summed E-state index contributed by atoms with van der Waals surface area (Å²) in [6.07, 6.45) is 7.25. The van der Waals surface area contributed by atoms with Crippen molar-refractivity contribution in [1.82, 2.24) is 44.0 Å². The molecule has 0 N–H and O–H groups in total. The average Bonchev–Trinajstić information content (AvgIpc) is 3.46. The smallest absolute Gasteiger partial charge is 0.266 e. The summed E-state index contributed by atoms with van der Waals surface area (Å²) >= 11 is 0. The number of aryl methyl sites for hydroxylation is 1. The molecule has 0 amide bonds. The van der Waals surface area contributed by atoms with Crippen molar-refractivity contribution in [2.75, 3.05) is 6.54 Å². The van der Waals surface area contributed by atoms with Crippen molar-refractivity contribution in [1.29, 1.82) is 0 Å². The number of fused-ring (bicyclic) bond motifs is 1. The Hall–Kier alpha value is -3.40. The van der Waals surface area contributed by atoms with E-state index in [-0.39, 0.29) is 11.6 Å². The lowest BCUT2D eigenvalue weighted by Crippen LogP contribution is -2.37. The summed E-state index contributed by atoms with van der Waals surface area (Å²) in [6.45, 7) is 4.07. The normalized spacial score (nSPS) is 17.3. The highest BCUT2D eigenvalue weighted by atomic mass is 16.1. The third kappa shape index (κ3) is 3.42. The Bertz CT molecular complexity index is 1190. The van der Waals surface area contributed by atoms with Crippen molar-refractivity contribution >= 4 is 5.65 Å². The molecule has 1 atom stereocenters. The molecule has 0 aliphatic carbocycles. The maximum absolute atomic E-state index is 12.4. The fourth-order valence-electron chi connectivity index (χ4n) is 3.82. The summed E-state index contributed by atoms with van der Waals surface area (Å²) in [5.74, 6) is 1.48. The van der Waals surface area contributed by atoms with Gasteiger partial charge in [-0.2, -0.15) is 14.7 Å². The molecule has 1 aliphatic rings. The van der Waals surface area contributed by atoms with Gasteiger partial charge in [-0.15, -0.1) is 10.2 Å². The van der Waals surface area contributed by atoms with Crippen molar-refractivity contribution < 1.29 is 0 Å². The second-order valence-electron chi connectivity index (χ2n) is 7.31. The first kappa shape index (κ1) is 17.7. The first-order chi connectivity index (χ1) is 14.2. The standard InChI is InChI=1S/C19H21N9O/c1-14-4-5-16-21-22-18(28(16)23-14)12-25-9-2-3-15(25)11-27-19(29)7-6-17(24-27)26-10-8-20-13-26/h4-8,10,13,15H,2-3,9,11-12H2,1H3. The summed E-state index contributed by atoms with van der Waals surface area (Å²) in [7, 11) is 0. The maximum atomic E-state index is 12.4. The molecule has 10 heteroatoms. The minimum absolute atomic E-state index is 0.106. The molecule has 0 aromatic carbocycles. The van der Waals surface area contributed by atoms with Gasteiger partial charge < -0.3 is 0 Å². The monoisotopic (exact) mass is 391 g/mol. The molecular weight excluding hydrogens is 370 g/mol. The fraction of sp³-hybridized carbons (Fsp3) is 0.368. The molecule has 10 nitrogen and oxygen atoms in total. The van der Waals surface area contributed by atoms with Crippen LogP contribution in [-0.4, -0.2) is 56.6 Å². The number of hydrogen-bond donors (Lipinski definition) is 0. The van der Waals surface area contributed by atoms with Gasteiger partial charge in [0.25, 0.3) is 5.56 Å². The van der Waals surface area contributed by atoms with Crippen LogP contribution in [0.1, 0.15) is 24.4 Å². The van der Waals surface area contributed by atoms with E-state index in [1.165, 1.54) is 0 Å². The van der Waals surface area contributed by atoms with Crippen LogP contribution in [0.5, 0.6) is 0 Å². The predicted molar refractivity (Wildman–Crippen MR) is 105 cm³/mol. The number of rotatable bonds is 5. The summed E-state index contributed by atoms with van der Waals surface area (Å²) < 4.78 is 5.14. The second-order valence-corrected chi connectivity index (χ2v) is 7.31. The van der Waals surface area contributed by atoms with E-state index in [4.69, 9.17) is 0 Å². The molecular formula is C19H21N9O. The Kier molecular flexibility index (Phi) is 4.39. The van der Waals surface area contributed by atoms with Crippen molar-refractivity contribution in [2.24, 2.45) is 0 Å². The molecule has 1 aliphatic heterocycles. The van der Waals surface area contributed by atoms with Gasteiger partial charge in [-0.3, -0.25) is 14.3 Å². The zero-order valence-corrected chi connectivity index (χ0v) is 16.1. The predicted octanol–water partition coefficient (Wildman–Crippen LogP) is 0.840. The second kappa shape index (κ2) is 7.21. The molecule has 4 aromatic heterocycles. The summed E-state index contributed by atoms with van der Waals surface area (Å²) in [5, 5.41) is 17.6. The highest BCUT2D eigenvalue weighted by Crippen LogP contribution is 2.21. The molecule has 148 valence electrons. The molecule has 0 radical (unpaired) electrons. The minimum Gasteiger partial charge on any atom is -0.291 e. The molecule has 1 saturated heterocycles. The van der Waals surface area contributed by atoms with Crippen LogP contribution < -0.4 is 5.56 Å². The van der Waals surface area contributed by atoms with E-state index in [0.29, 0.717) is 18.9 Å². The fourth-order valence-corrected chi connectivity index (χ4v) is 3.82. The Labute approximate surface area is 166 Å². The first-order valence-corrected chi connectivity index (χ1v) is 9.66. The van der Waals surface area contributed by atoms with E-state index in [9.17, 15) is 4.79 Å². The summed E-state index contributed by atoms with van der Waals surface area (Å²) in [4.78, 5) is 18.8. The number of aromatic nitrogens is 8. The van der Waals surface area contributed by atoms with Crippen LogP contribution in [0.4, 0.5) is 0 Å². The number of hydrogen-bond acceptors (Lipinski definition) is 7. The van der Waals surface area contributed by atoms with Gasteiger partial charge in [0.2, 0.25) is 0 Å². The molecule has 29 heavy (non-hydrogen) atoms. The highest BCUT2D eigenvalue weighted by Gasteiger charge is 2.27. The van der Waals surface area contributed by atoms with Crippen LogP contribution in [0.2, 0.25) is 0 Å². The van der Waals surface area contributed by atoms with E-state index >= 15 is 0 Å². The Morgan fingerprint density at radius 3 is 2.93 bits per heavy atom. The quantitative estimate of drug-likeness (QED) is 0.497. The zero-order valence-electron chi connectivity index (χ0n) is 16.1. The van der Waals surface area contributed by atoms with Gasteiger partial charge in [-0.05, 0) is 44.5 Å². The molecule has 5 heterocycles. The topological polar surface area (TPSA) is 99.0 Å². The SMILES string of the molecule is Cc1ccc2nnc(CN3CCCC3Cn3nc(-n4ccnc4)ccc3=O)n2n1. The van der Waals surface area contributed by atoms with Gasteiger partial charge in [0.15, 0.2) is 17.3 Å². The van der Waals surface area contributed by atoms with Gasteiger partial charge >= 0.3 is 0 Å². The van der Waals surface area contributed by atoms with Crippen LogP contribution in [0.15, 0.2) is 47.8 Å². The highest BCUT2D eigenvalue weighted by molar-refractivity contribution is 5.36. The van der Waals surface area contributed by atoms with E-state index in [1.54, 1.807) is 38.4 Å². The van der Waals surface area contributed by atoms with Crippen LogP contribution in [0.25, 0.3) is 11.5 Å². The van der Waals surface area contributed by atoms with E-state index in [1.807, 2.05) is 25.3 Å². The minimum atomic E-state index is -0.106. The van der Waals surface area contributed by atoms with Gasteiger partial charge in [-0.1, -0.05) is 0 Å². The molecule has 4 aromatic rings. The van der Waals surface area contributed by atoms with E-state index in [2.05, 4.69) is 30.3 Å². The summed E-state index contributed by atoms with van der Waals surface area (Å²) in [6, 6.07) is 7.32. The Morgan fingerprint density at radius 2 is 2.07 bits per heavy atom. The van der Waals surface area contributed by atoms with Crippen molar-refractivity contribution in [3.8, 4) is 5.82 Å². The van der Waals surface area contributed by atoms with Crippen molar-refractivity contribution in [3.05, 3.63) is 64.9 Å². The summed E-state index contributed by atoms with van der Waals surface area (Å²) in [5.41, 5.74) is 1.56. The molecule has 1 fully saturated rings. The Morgan fingerprint density at radius 1 is 1.14 bits per heavy atom. The van der Waals surface area contributed by atoms with Crippen LogP contribution >= 0.6 is 0 Å². The molecule has 5 rings (SSSR count). The van der Waals surface area contributed by atoms with Gasteiger partial charge in [0, 0.05) is 24.5 Å². The molecule has 0 spiro atoms. The van der Waals surface area contributed by atoms with Crippen LogP contribution in [0, 0.1) is 6.92 Å². The lowest BCUT2D eigenvalue weighted by Gasteiger charge is -2.23. The van der Waals surface area contributed by atoms with Crippen molar-refractivity contribution in [3.63, 3.8) is 0 Å².